The number of fused-ring (bicyclic) bond motifs is 1. The lowest BCUT2D eigenvalue weighted by atomic mass is 9.87. The van der Waals surface area contributed by atoms with E-state index in [9.17, 15) is 4.39 Å². The van der Waals surface area contributed by atoms with Gasteiger partial charge in [0.2, 0.25) is 0 Å². The summed E-state index contributed by atoms with van der Waals surface area (Å²) >= 11 is 0. The van der Waals surface area contributed by atoms with Gasteiger partial charge in [0.25, 0.3) is 0 Å². The molecular weight excluding hydrogens is 229 g/mol. The summed E-state index contributed by atoms with van der Waals surface area (Å²) in [5.41, 5.74) is 8.64. The van der Waals surface area contributed by atoms with Crippen LogP contribution in [0.2, 0.25) is 0 Å². The van der Waals surface area contributed by atoms with Gasteiger partial charge in [0.15, 0.2) is 0 Å². The lowest BCUT2D eigenvalue weighted by Gasteiger charge is -2.22. The van der Waals surface area contributed by atoms with Gasteiger partial charge in [0.1, 0.15) is 11.6 Å². The third-order valence-electron chi connectivity index (χ3n) is 4.27. The lowest BCUT2D eigenvalue weighted by Crippen LogP contribution is -2.25. The molecule has 3 rings (SSSR count). The fourth-order valence-corrected chi connectivity index (χ4v) is 2.95. The second-order valence-corrected chi connectivity index (χ2v) is 5.76. The van der Waals surface area contributed by atoms with E-state index in [1.807, 2.05) is 6.07 Å². The number of nitrogens with two attached hydrogens (primary N) is 1. The average molecular weight is 249 g/mol. The fourth-order valence-electron chi connectivity index (χ4n) is 2.95. The molecule has 0 amide bonds. The van der Waals surface area contributed by atoms with Crippen molar-refractivity contribution in [1.82, 2.24) is 0 Å². The Hall–Kier alpha value is -1.09. The summed E-state index contributed by atoms with van der Waals surface area (Å²) in [5.74, 6) is 0.826. The summed E-state index contributed by atoms with van der Waals surface area (Å²) in [6.45, 7) is 0. The molecule has 0 unspecified atom stereocenters. The summed E-state index contributed by atoms with van der Waals surface area (Å²) in [6.07, 6.45) is 6.62. The monoisotopic (exact) mass is 249 g/mol. The third kappa shape index (κ3) is 2.01. The SMILES string of the molecule is COc1cc(CC2(N)CC2)c(F)c2c1CCCC2. The van der Waals surface area contributed by atoms with Crippen molar-refractivity contribution in [1.29, 1.82) is 0 Å². The largest absolute Gasteiger partial charge is 0.496 e. The maximum absolute atomic E-state index is 14.5. The van der Waals surface area contributed by atoms with Gasteiger partial charge in [-0.2, -0.15) is 0 Å². The Morgan fingerprint density at radius 1 is 1.28 bits per heavy atom. The average Bonchev–Trinajstić information content (AvgIpc) is 3.11. The molecule has 2 N–H and O–H groups in total. The van der Waals surface area contributed by atoms with Crippen molar-refractivity contribution in [2.75, 3.05) is 7.11 Å². The molecule has 0 aromatic heterocycles. The number of hydrogen-bond donors (Lipinski definition) is 1. The highest BCUT2D eigenvalue weighted by Gasteiger charge is 2.39. The van der Waals surface area contributed by atoms with Gasteiger partial charge in [0.05, 0.1) is 7.11 Å². The normalized spacial score (nSPS) is 20.4. The van der Waals surface area contributed by atoms with Crippen LogP contribution in [0.15, 0.2) is 6.07 Å². The molecule has 1 aromatic rings. The molecular formula is C15H20FNO. The van der Waals surface area contributed by atoms with Crippen molar-refractivity contribution < 1.29 is 9.13 Å². The highest BCUT2D eigenvalue weighted by molar-refractivity contribution is 5.47. The van der Waals surface area contributed by atoms with Crippen LogP contribution in [0.4, 0.5) is 4.39 Å². The predicted molar refractivity (Wildman–Crippen MR) is 69.5 cm³/mol. The highest BCUT2D eigenvalue weighted by atomic mass is 19.1. The van der Waals surface area contributed by atoms with Crippen molar-refractivity contribution in [3.8, 4) is 5.75 Å². The van der Waals surface area contributed by atoms with Crippen LogP contribution in [0.1, 0.15) is 42.4 Å². The van der Waals surface area contributed by atoms with Crippen molar-refractivity contribution >= 4 is 0 Å². The van der Waals surface area contributed by atoms with E-state index < -0.39 is 0 Å². The molecule has 0 aliphatic heterocycles. The molecule has 0 bridgehead atoms. The van der Waals surface area contributed by atoms with Crippen LogP contribution < -0.4 is 10.5 Å². The van der Waals surface area contributed by atoms with E-state index in [1.165, 1.54) is 0 Å². The first-order valence-electron chi connectivity index (χ1n) is 6.79. The van der Waals surface area contributed by atoms with Crippen molar-refractivity contribution in [2.45, 2.75) is 50.5 Å². The van der Waals surface area contributed by atoms with Crippen molar-refractivity contribution in [3.05, 3.63) is 28.6 Å². The van der Waals surface area contributed by atoms with E-state index in [-0.39, 0.29) is 11.4 Å². The van der Waals surface area contributed by atoms with E-state index >= 15 is 0 Å². The Labute approximate surface area is 107 Å². The van der Waals surface area contributed by atoms with E-state index in [0.29, 0.717) is 6.42 Å². The van der Waals surface area contributed by atoms with Gasteiger partial charge in [-0.25, -0.2) is 4.39 Å². The maximum atomic E-state index is 14.5. The van der Waals surface area contributed by atoms with E-state index in [1.54, 1.807) is 7.11 Å². The quantitative estimate of drug-likeness (QED) is 0.894. The van der Waals surface area contributed by atoms with Crippen LogP contribution in [0, 0.1) is 5.82 Å². The molecule has 3 heteroatoms. The zero-order chi connectivity index (χ0) is 12.8. The first-order valence-corrected chi connectivity index (χ1v) is 6.79. The number of ether oxygens (including phenoxy) is 1. The molecule has 18 heavy (non-hydrogen) atoms. The molecule has 1 fully saturated rings. The van der Waals surface area contributed by atoms with Gasteiger partial charge in [-0.1, -0.05) is 0 Å². The van der Waals surface area contributed by atoms with Gasteiger partial charge >= 0.3 is 0 Å². The molecule has 0 saturated heterocycles. The smallest absolute Gasteiger partial charge is 0.130 e. The first-order chi connectivity index (χ1) is 8.63. The molecule has 1 saturated carbocycles. The van der Waals surface area contributed by atoms with Crippen molar-refractivity contribution in [2.24, 2.45) is 5.73 Å². The Balaban J connectivity index is 2.03. The van der Waals surface area contributed by atoms with Crippen LogP contribution in [0.3, 0.4) is 0 Å². The van der Waals surface area contributed by atoms with Gasteiger partial charge in [-0.15, -0.1) is 0 Å². The summed E-state index contributed by atoms with van der Waals surface area (Å²) in [5, 5.41) is 0. The second kappa shape index (κ2) is 4.23. The van der Waals surface area contributed by atoms with Gasteiger partial charge in [-0.3, -0.25) is 0 Å². The number of hydrogen-bond acceptors (Lipinski definition) is 2. The summed E-state index contributed by atoms with van der Waals surface area (Å²) in [4.78, 5) is 0. The molecule has 0 spiro atoms. The van der Waals surface area contributed by atoms with Crippen LogP contribution in [-0.4, -0.2) is 12.6 Å². The minimum atomic E-state index is -0.158. The molecule has 0 radical (unpaired) electrons. The molecule has 2 nitrogen and oxygen atoms in total. The van der Waals surface area contributed by atoms with Crippen LogP contribution >= 0.6 is 0 Å². The Morgan fingerprint density at radius 2 is 1.94 bits per heavy atom. The molecule has 2 aliphatic carbocycles. The maximum Gasteiger partial charge on any atom is 0.130 e. The highest BCUT2D eigenvalue weighted by Crippen LogP contribution is 2.39. The number of benzene rings is 1. The van der Waals surface area contributed by atoms with E-state index in [4.69, 9.17) is 10.5 Å². The lowest BCUT2D eigenvalue weighted by molar-refractivity contribution is 0.401. The fraction of sp³-hybridized carbons (Fsp3) is 0.600. The molecule has 98 valence electrons. The van der Waals surface area contributed by atoms with Crippen LogP contribution in [0.5, 0.6) is 5.75 Å². The van der Waals surface area contributed by atoms with Crippen LogP contribution in [0.25, 0.3) is 0 Å². The summed E-state index contributed by atoms with van der Waals surface area (Å²) in [6, 6.07) is 1.87. The predicted octanol–water partition coefficient (Wildman–Crippen LogP) is 2.75. The molecule has 0 heterocycles. The summed E-state index contributed by atoms with van der Waals surface area (Å²) < 4.78 is 20.0. The van der Waals surface area contributed by atoms with E-state index in [0.717, 1.165) is 61.0 Å². The van der Waals surface area contributed by atoms with Gasteiger partial charge in [-0.05, 0) is 62.1 Å². The standard InChI is InChI=1S/C15H20FNO/c1-18-13-8-10(9-15(17)6-7-15)14(16)12-5-3-2-4-11(12)13/h8H,2-7,9,17H2,1H3. The van der Waals surface area contributed by atoms with Gasteiger partial charge < -0.3 is 10.5 Å². The number of methoxy groups -OCH3 is 1. The Kier molecular flexibility index (Phi) is 2.81. The minimum Gasteiger partial charge on any atom is -0.496 e. The zero-order valence-electron chi connectivity index (χ0n) is 10.9. The second-order valence-electron chi connectivity index (χ2n) is 5.76. The van der Waals surface area contributed by atoms with Crippen molar-refractivity contribution in [3.63, 3.8) is 0 Å². The molecule has 2 aliphatic rings. The Bertz CT molecular complexity index is 480. The minimum absolute atomic E-state index is 0.0257. The van der Waals surface area contributed by atoms with Gasteiger partial charge in [0, 0.05) is 11.1 Å². The number of halogens is 1. The number of rotatable bonds is 3. The zero-order valence-corrected chi connectivity index (χ0v) is 10.9. The molecule has 0 atom stereocenters. The summed E-state index contributed by atoms with van der Waals surface area (Å²) in [7, 11) is 1.67. The van der Waals surface area contributed by atoms with E-state index in [2.05, 4.69) is 0 Å². The topological polar surface area (TPSA) is 35.2 Å². The van der Waals surface area contributed by atoms with Crippen LogP contribution in [-0.2, 0) is 19.3 Å². The Morgan fingerprint density at radius 3 is 2.56 bits per heavy atom. The third-order valence-corrected chi connectivity index (χ3v) is 4.27. The molecule has 1 aromatic carbocycles. The first kappa shape index (κ1) is 12.0.